The van der Waals surface area contributed by atoms with E-state index in [-0.39, 0.29) is 17.6 Å². The molecule has 1 amide bonds. The maximum atomic E-state index is 11.6. The second-order valence-electron chi connectivity index (χ2n) is 3.03. The van der Waals surface area contributed by atoms with Crippen LogP contribution >= 0.6 is 15.9 Å². The number of nitrogens with two attached hydrogens (primary N) is 1. The van der Waals surface area contributed by atoms with E-state index in [0.29, 0.717) is 5.69 Å². The van der Waals surface area contributed by atoms with E-state index in [9.17, 15) is 4.79 Å². The van der Waals surface area contributed by atoms with Gasteiger partial charge in [-0.15, -0.1) is 0 Å². The van der Waals surface area contributed by atoms with Gasteiger partial charge in [-0.3, -0.25) is 4.79 Å². The smallest absolute Gasteiger partial charge is 0.292 e. The summed E-state index contributed by atoms with van der Waals surface area (Å²) in [6, 6.07) is 7.16. The van der Waals surface area contributed by atoms with Gasteiger partial charge in [0.15, 0.2) is 5.69 Å². The highest BCUT2D eigenvalue weighted by molar-refractivity contribution is 9.10. The Balaban J connectivity index is 2.10. The Morgan fingerprint density at radius 3 is 2.62 bits per heavy atom. The summed E-state index contributed by atoms with van der Waals surface area (Å²) in [5.74, 6) is -0.359. The first-order valence-electron chi connectivity index (χ1n) is 4.43. The van der Waals surface area contributed by atoms with Gasteiger partial charge in [0.25, 0.3) is 11.9 Å². The van der Waals surface area contributed by atoms with E-state index in [4.69, 9.17) is 10.2 Å². The fourth-order valence-corrected chi connectivity index (χ4v) is 1.38. The number of halogens is 1. The molecule has 3 N–H and O–H groups in total. The molecule has 1 aromatic heterocycles. The summed E-state index contributed by atoms with van der Waals surface area (Å²) in [5.41, 5.74) is 6.09. The molecule has 0 spiro atoms. The molecule has 0 aliphatic rings. The molecule has 2 rings (SSSR count). The van der Waals surface area contributed by atoms with Crippen LogP contribution in [0.4, 0.5) is 11.7 Å². The van der Waals surface area contributed by atoms with Gasteiger partial charge in [0.05, 0.1) is 0 Å². The average Bonchev–Trinajstić information content (AvgIpc) is 2.68. The van der Waals surface area contributed by atoms with Crippen molar-refractivity contribution in [3.63, 3.8) is 0 Å². The van der Waals surface area contributed by atoms with Gasteiger partial charge in [-0.1, -0.05) is 15.9 Å². The number of hydrogen-bond donors (Lipinski definition) is 2. The Morgan fingerprint density at radius 1 is 1.38 bits per heavy atom. The van der Waals surface area contributed by atoms with Gasteiger partial charge < -0.3 is 15.5 Å². The zero-order valence-corrected chi connectivity index (χ0v) is 9.69. The van der Waals surface area contributed by atoms with Crippen LogP contribution in [0.5, 0.6) is 0 Å². The highest BCUT2D eigenvalue weighted by atomic mass is 79.9. The van der Waals surface area contributed by atoms with Gasteiger partial charge in [-0.2, -0.15) is 4.98 Å². The van der Waals surface area contributed by atoms with Crippen LogP contribution in [0.3, 0.4) is 0 Å². The molecule has 0 atom stereocenters. The van der Waals surface area contributed by atoms with Gasteiger partial charge in [-0.25, -0.2) is 0 Å². The maximum Gasteiger partial charge on any atom is 0.292 e. The molecular formula is C10H8BrN3O2. The third-order valence-electron chi connectivity index (χ3n) is 1.86. The quantitative estimate of drug-likeness (QED) is 0.885. The molecule has 1 heterocycles. The molecule has 0 saturated carbocycles. The molecule has 16 heavy (non-hydrogen) atoms. The number of amides is 1. The number of hydrogen-bond acceptors (Lipinski definition) is 4. The van der Waals surface area contributed by atoms with Crippen molar-refractivity contribution in [2.75, 3.05) is 11.1 Å². The van der Waals surface area contributed by atoms with Crippen LogP contribution in [0.25, 0.3) is 0 Å². The SMILES string of the molecule is Nc1nc(C(=O)Nc2ccc(Br)cc2)co1. The van der Waals surface area contributed by atoms with Gasteiger partial charge >= 0.3 is 0 Å². The second kappa shape index (κ2) is 4.36. The van der Waals surface area contributed by atoms with Crippen LogP contribution < -0.4 is 11.1 Å². The number of rotatable bonds is 2. The number of nitrogens with zero attached hydrogens (tertiary/aromatic N) is 1. The number of anilines is 2. The lowest BCUT2D eigenvalue weighted by molar-refractivity contribution is 0.102. The fraction of sp³-hybridized carbons (Fsp3) is 0. The van der Waals surface area contributed by atoms with Crippen molar-refractivity contribution in [1.82, 2.24) is 4.98 Å². The molecule has 0 aliphatic heterocycles. The lowest BCUT2D eigenvalue weighted by atomic mass is 10.3. The summed E-state index contributed by atoms with van der Waals surface area (Å²) < 4.78 is 5.68. The molecular weight excluding hydrogens is 274 g/mol. The fourth-order valence-electron chi connectivity index (χ4n) is 1.12. The van der Waals surface area contributed by atoms with E-state index in [1.807, 2.05) is 12.1 Å². The number of nitrogens with one attached hydrogen (secondary N) is 1. The largest absolute Gasteiger partial charge is 0.431 e. The molecule has 5 nitrogen and oxygen atoms in total. The highest BCUT2D eigenvalue weighted by Gasteiger charge is 2.10. The van der Waals surface area contributed by atoms with E-state index in [1.165, 1.54) is 6.26 Å². The molecule has 1 aromatic carbocycles. The normalized spacial score (nSPS) is 10.1. The first kappa shape index (κ1) is 10.7. The summed E-state index contributed by atoms with van der Waals surface area (Å²) in [6.07, 6.45) is 1.21. The molecule has 6 heteroatoms. The predicted octanol–water partition coefficient (Wildman–Crippen LogP) is 2.27. The molecule has 0 unspecified atom stereocenters. The number of oxazole rings is 1. The Hall–Kier alpha value is -1.82. The molecule has 0 fully saturated rings. The first-order chi connectivity index (χ1) is 7.65. The topological polar surface area (TPSA) is 81.1 Å². The van der Waals surface area contributed by atoms with Crippen molar-refractivity contribution in [2.24, 2.45) is 0 Å². The van der Waals surface area contributed by atoms with Gasteiger partial charge in [0.1, 0.15) is 6.26 Å². The summed E-state index contributed by atoms with van der Waals surface area (Å²) in [7, 11) is 0. The van der Waals surface area contributed by atoms with Crippen molar-refractivity contribution in [2.45, 2.75) is 0 Å². The molecule has 0 saturated heterocycles. The van der Waals surface area contributed by atoms with Crippen molar-refractivity contribution < 1.29 is 9.21 Å². The first-order valence-corrected chi connectivity index (χ1v) is 5.22. The second-order valence-corrected chi connectivity index (χ2v) is 3.95. The minimum Gasteiger partial charge on any atom is -0.431 e. The van der Waals surface area contributed by atoms with Crippen molar-refractivity contribution >= 4 is 33.5 Å². The van der Waals surface area contributed by atoms with Gasteiger partial charge in [0, 0.05) is 10.2 Å². The van der Waals surface area contributed by atoms with E-state index in [0.717, 1.165) is 4.47 Å². The number of carbonyl (C=O) groups excluding carboxylic acids is 1. The van der Waals surface area contributed by atoms with E-state index >= 15 is 0 Å². The molecule has 0 aliphatic carbocycles. The van der Waals surface area contributed by atoms with E-state index in [1.54, 1.807) is 12.1 Å². The molecule has 0 bridgehead atoms. The summed E-state index contributed by atoms with van der Waals surface area (Å²) in [4.78, 5) is 15.3. The Kier molecular flexibility index (Phi) is 2.91. The van der Waals surface area contributed by atoms with Crippen molar-refractivity contribution in [3.05, 3.63) is 40.7 Å². The minimum atomic E-state index is -0.359. The van der Waals surface area contributed by atoms with Crippen LogP contribution in [-0.4, -0.2) is 10.9 Å². The zero-order valence-electron chi connectivity index (χ0n) is 8.11. The monoisotopic (exact) mass is 281 g/mol. The number of carbonyl (C=O) groups is 1. The Bertz CT molecular complexity index is 507. The van der Waals surface area contributed by atoms with Crippen molar-refractivity contribution in [3.8, 4) is 0 Å². The highest BCUT2D eigenvalue weighted by Crippen LogP contribution is 2.15. The predicted molar refractivity (Wildman–Crippen MR) is 63.0 cm³/mol. The third-order valence-corrected chi connectivity index (χ3v) is 2.39. The van der Waals surface area contributed by atoms with Crippen LogP contribution in [-0.2, 0) is 0 Å². The number of aromatic nitrogens is 1. The van der Waals surface area contributed by atoms with E-state index < -0.39 is 0 Å². The lowest BCUT2D eigenvalue weighted by Crippen LogP contribution is -2.12. The zero-order chi connectivity index (χ0) is 11.5. The molecule has 82 valence electrons. The maximum absolute atomic E-state index is 11.6. The summed E-state index contributed by atoms with van der Waals surface area (Å²) in [5, 5.41) is 2.66. The van der Waals surface area contributed by atoms with Crippen LogP contribution in [0.15, 0.2) is 39.4 Å². The van der Waals surface area contributed by atoms with Gasteiger partial charge in [0.2, 0.25) is 0 Å². The standard InChI is InChI=1S/C10H8BrN3O2/c11-6-1-3-7(4-2-6)13-9(15)8-5-16-10(12)14-8/h1-5H,(H2,12,14)(H,13,15). The Morgan fingerprint density at radius 2 is 2.06 bits per heavy atom. The van der Waals surface area contributed by atoms with Crippen LogP contribution in [0.1, 0.15) is 10.5 Å². The molecule has 2 aromatic rings. The minimum absolute atomic E-state index is 0.0269. The van der Waals surface area contributed by atoms with Gasteiger partial charge in [-0.05, 0) is 24.3 Å². The van der Waals surface area contributed by atoms with Crippen LogP contribution in [0.2, 0.25) is 0 Å². The summed E-state index contributed by atoms with van der Waals surface area (Å²) in [6.45, 7) is 0. The Labute approximate surface area is 99.8 Å². The summed E-state index contributed by atoms with van der Waals surface area (Å²) >= 11 is 3.30. The third kappa shape index (κ3) is 2.40. The van der Waals surface area contributed by atoms with Crippen molar-refractivity contribution in [1.29, 1.82) is 0 Å². The average molecular weight is 282 g/mol. The number of nitrogen functional groups attached to an aromatic ring is 1. The number of benzene rings is 1. The lowest BCUT2D eigenvalue weighted by Gasteiger charge is -2.01. The van der Waals surface area contributed by atoms with E-state index in [2.05, 4.69) is 26.2 Å². The molecule has 0 radical (unpaired) electrons. The van der Waals surface area contributed by atoms with Crippen LogP contribution in [0, 0.1) is 0 Å².